The number of rotatable bonds is 6. The molecule has 0 saturated carbocycles. The Bertz CT molecular complexity index is 478. The molecule has 21 heavy (non-hydrogen) atoms. The number of carbonyl (C=O) groups excluding carboxylic acids is 2. The summed E-state index contributed by atoms with van der Waals surface area (Å²) >= 11 is 0. The molecule has 0 aromatic heterocycles. The highest BCUT2D eigenvalue weighted by Gasteiger charge is 2.22. The average Bonchev–Trinajstić information content (AvgIpc) is 2.94. The number of nitrogens with two attached hydrogens (primary N) is 1. The molecule has 1 aromatic carbocycles. The van der Waals surface area contributed by atoms with E-state index in [1.165, 1.54) is 5.69 Å². The molecule has 3 amide bonds. The molecule has 2 rings (SSSR count). The first-order valence-electron chi connectivity index (χ1n) is 7.25. The second-order valence-corrected chi connectivity index (χ2v) is 5.29. The van der Waals surface area contributed by atoms with Gasteiger partial charge in [-0.2, -0.15) is 0 Å². The average molecular weight is 290 g/mol. The van der Waals surface area contributed by atoms with Crippen molar-refractivity contribution in [1.82, 2.24) is 10.6 Å². The number of hydrogen-bond acceptors (Lipinski definition) is 3. The molecule has 1 aromatic rings. The summed E-state index contributed by atoms with van der Waals surface area (Å²) in [5.74, 6) is 0.0386. The zero-order chi connectivity index (χ0) is 15.1. The normalized spacial score (nSPS) is 17.5. The third-order valence-corrected chi connectivity index (χ3v) is 3.62. The van der Waals surface area contributed by atoms with E-state index in [-0.39, 0.29) is 19.0 Å². The molecule has 1 aliphatic heterocycles. The predicted molar refractivity (Wildman–Crippen MR) is 82.0 cm³/mol. The molecule has 6 nitrogen and oxygen atoms in total. The van der Waals surface area contributed by atoms with Gasteiger partial charge in [0, 0.05) is 38.3 Å². The van der Waals surface area contributed by atoms with Gasteiger partial charge in [0.15, 0.2) is 0 Å². The van der Waals surface area contributed by atoms with Gasteiger partial charge in [-0.15, -0.1) is 0 Å². The van der Waals surface area contributed by atoms with E-state index in [9.17, 15) is 9.59 Å². The fourth-order valence-electron chi connectivity index (χ4n) is 2.47. The molecule has 6 heteroatoms. The molecule has 1 saturated heterocycles. The third-order valence-electron chi connectivity index (χ3n) is 3.62. The second-order valence-electron chi connectivity index (χ2n) is 5.29. The highest BCUT2D eigenvalue weighted by Crippen LogP contribution is 2.22. The van der Waals surface area contributed by atoms with E-state index in [2.05, 4.69) is 27.7 Å². The van der Waals surface area contributed by atoms with Crippen molar-refractivity contribution in [3.63, 3.8) is 0 Å². The van der Waals surface area contributed by atoms with Gasteiger partial charge in [-0.25, -0.2) is 4.79 Å². The lowest BCUT2D eigenvalue weighted by Gasteiger charge is -2.18. The smallest absolute Gasteiger partial charge is 0.314 e. The van der Waals surface area contributed by atoms with E-state index in [1.807, 2.05) is 18.2 Å². The van der Waals surface area contributed by atoms with E-state index in [0.717, 1.165) is 19.5 Å². The molecule has 1 atom stereocenters. The molecule has 1 fully saturated rings. The summed E-state index contributed by atoms with van der Waals surface area (Å²) in [5.41, 5.74) is 6.23. The number of para-hydroxylation sites is 1. The fraction of sp³-hybridized carbons (Fsp3) is 0.467. The Kier molecular flexibility index (Phi) is 5.43. The number of amides is 3. The standard InChI is InChI=1S/C15H22N4O2/c16-14(20)6-8-17-15(21)18-10-12-7-9-19(11-12)13-4-2-1-3-5-13/h1-5,12H,6-11H2,(H2,16,20)(H2,17,18,21). The highest BCUT2D eigenvalue weighted by molar-refractivity contribution is 5.76. The Morgan fingerprint density at radius 3 is 2.71 bits per heavy atom. The van der Waals surface area contributed by atoms with Gasteiger partial charge >= 0.3 is 6.03 Å². The van der Waals surface area contributed by atoms with Gasteiger partial charge in [0.25, 0.3) is 0 Å². The number of benzene rings is 1. The fourth-order valence-corrected chi connectivity index (χ4v) is 2.47. The van der Waals surface area contributed by atoms with E-state index in [4.69, 9.17) is 5.73 Å². The van der Waals surface area contributed by atoms with Crippen molar-refractivity contribution in [2.75, 3.05) is 31.1 Å². The topological polar surface area (TPSA) is 87.5 Å². The SMILES string of the molecule is NC(=O)CCNC(=O)NCC1CCN(c2ccccc2)C1. The minimum atomic E-state index is -0.412. The number of primary amides is 1. The van der Waals surface area contributed by atoms with Crippen LogP contribution >= 0.6 is 0 Å². The van der Waals surface area contributed by atoms with Crippen LogP contribution in [0, 0.1) is 5.92 Å². The van der Waals surface area contributed by atoms with Crippen LogP contribution in [0.15, 0.2) is 30.3 Å². The van der Waals surface area contributed by atoms with Crippen LogP contribution in [0.1, 0.15) is 12.8 Å². The lowest BCUT2D eigenvalue weighted by molar-refractivity contribution is -0.117. The van der Waals surface area contributed by atoms with Crippen molar-refractivity contribution in [2.45, 2.75) is 12.8 Å². The molecule has 1 unspecified atom stereocenters. The van der Waals surface area contributed by atoms with Crippen molar-refractivity contribution >= 4 is 17.6 Å². The van der Waals surface area contributed by atoms with Crippen molar-refractivity contribution < 1.29 is 9.59 Å². The third kappa shape index (κ3) is 4.98. The first kappa shape index (κ1) is 15.2. The Labute approximate surface area is 124 Å². The number of nitrogens with one attached hydrogen (secondary N) is 2. The van der Waals surface area contributed by atoms with E-state index < -0.39 is 5.91 Å². The number of hydrogen-bond donors (Lipinski definition) is 3. The van der Waals surface area contributed by atoms with Crippen LogP contribution in [0.5, 0.6) is 0 Å². The summed E-state index contributed by atoms with van der Waals surface area (Å²) in [7, 11) is 0. The van der Waals surface area contributed by atoms with Crippen LogP contribution in [-0.4, -0.2) is 38.1 Å². The maximum absolute atomic E-state index is 11.5. The molecule has 0 spiro atoms. The number of urea groups is 1. The van der Waals surface area contributed by atoms with Gasteiger partial charge < -0.3 is 21.3 Å². The largest absolute Gasteiger partial charge is 0.371 e. The summed E-state index contributed by atoms with van der Waals surface area (Å²) in [6.45, 7) is 2.89. The summed E-state index contributed by atoms with van der Waals surface area (Å²) in [5, 5.41) is 5.46. The minimum Gasteiger partial charge on any atom is -0.371 e. The summed E-state index contributed by atoms with van der Waals surface area (Å²) in [6, 6.07) is 10.0. The minimum absolute atomic E-state index is 0.165. The maximum atomic E-state index is 11.5. The molecule has 1 aliphatic rings. The van der Waals surface area contributed by atoms with Crippen LogP contribution in [0.4, 0.5) is 10.5 Å². The zero-order valence-electron chi connectivity index (χ0n) is 12.0. The predicted octanol–water partition coefficient (Wildman–Crippen LogP) is 0.687. The Hall–Kier alpha value is -2.24. The molecule has 0 aliphatic carbocycles. The van der Waals surface area contributed by atoms with Crippen molar-refractivity contribution in [3.8, 4) is 0 Å². The van der Waals surface area contributed by atoms with Gasteiger partial charge in [-0.3, -0.25) is 4.79 Å². The summed E-state index contributed by atoms with van der Waals surface area (Å²) in [6.07, 6.45) is 1.23. The molecule has 1 heterocycles. The van der Waals surface area contributed by atoms with Crippen LogP contribution < -0.4 is 21.3 Å². The van der Waals surface area contributed by atoms with E-state index >= 15 is 0 Å². The summed E-state index contributed by atoms with van der Waals surface area (Å²) in [4.78, 5) is 24.4. The Morgan fingerprint density at radius 2 is 2.00 bits per heavy atom. The molecular formula is C15H22N4O2. The zero-order valence-corrected chi connectivity index (χ0v) is 12.0. The van der Waals surface area contributed by atoms with Crippen LogP contribution in [0.3, 0.4) is 0 Å². The van der Waals surface area contributed by atoms with Crippen molar-refractivity contribution in [2.24, 2.45) is 11.7 Å². The Balaban J connectivity index is 1.66. The van der Waals surface area contributed by atoms with Crippen LogP contribution in [0.2, 0.25) is 0 Å². The molecule has 0 bridgehead atoms. The quantitative estimate of drug-likeness (QED) is 0.720. The second kappa shape index (κ2) is 7.52. The number of nitrogens with zero attached hydrogens (tertiary/aromatic N) is 1. The first-order chi connectivity index (χ1) is 10.1. The van der Waals surface area contributed by atoms with Gasteiger partial charge in [0.1, 0.15) is 0 Å². The molecular weight excluding hydrogens is 268 g/mol. The number of carbonyl (C=O) groups is 2. The maximum Gasteiger partial charge on any atom is 0.314 e. The lowest BCUT2D eigenvalue weighted by atomic mass is 10.1. The van der Waals surface area contributed by atoms with E-state index in [1.54, 1.807) is 0 Å². The van der Waals surface area contributed by atoms with Crippen LogP contribution in [0.25, 0.3) is 0 Å². The van der Waals surface area contributed by atoms with Gasteiger partial charge in [0.05, 0.1) is 0 Å². The Morgan fingerprint density at radius 1 is 1.24 bits per heavy atom. The monoisotopic (exact) mass is 290 g/mol. The van der Waals surface area contributed by atoms with Crippen molar-refractivity contribution in [1.29, 1.82) is 0 Å². The number of anilines is 1. The molecule has 4 N–H and O–H groups in total. The molecule has 114 valence electrons. The highest BCUT2D eigenvalue weighted by atomic mass is 16.2. The van der Waals surface area contributed by atoms with Gasteiger partial charge in [-0.05, 0) is 24.5 Å². The molecule has 0 radical (unpaired) electrons. The summed E-state index contributed by atoms with van der Waals surface area (Å²) < 4.78 is 0. The van der Waals surface area contributed by atoms with Gasteiger partial charge in [-0.1, -0.05) is 18.2 Å². The first-order valence-corrected chi connectivity index (χ1v) is 7.25. The van der Waals surface area contributed by atoms with Crippen LogP contribution in [-0.2, 0) is 4.79 Å². The van der Waals surface area contributed by atoms with Crippen molar-refractivity contribution in [3.05, 3.63) is 30.3 Å². The van der Waals surface area contributed by atoms with Gasteiger partial charge in [0.2, 0.25) is 5.91 Å². The van der Waals surface area contributed by atoms with E-state index in [0.29, 0.717) is 12.5 Å². The lowest BCUT2D eigenvalue weighted by Crippen LogP contribution is -2.40.